The summed E-state index contributed by atoms with van der Waals surface area (Å²) in [5, 5.41) is 102. The highest BCUT2D eigenvalue weighted by Gasteiger charge is 2.58. The fraction of sp³-hybridized carbons (Fsp3) is 0.507. The molecule has 24 heteroatoms. The molecule has 1 saturated carbocycles. The maximum atomic E-state index is 15.6. The smallest absolute Gasteiger partial charge is 0.242 e. The largest absolute Gasteiger partial charge is 0.486 e. The molecule has 9 aliphatic rings. The van der Waals surface area contributed by atoms with Crippen LogP contribution in [-0.2, 0) is 36.8 Å². The number of nitrogens with two attached hydrogens (primary N) is 2. The molecule has 2 aliphatic carbocycles. The van der Waals surface area contributed by atoms with Crippen LogP contribution in [-0.4, -0.2) is 185 Å². The monoisotopic (exact) mass is 1280 g/mol. The third kappa shape index (κ3) is 12.4. The molecule has 0 unspecified atom stereocenters. The Morgan fingerprint density at radius 1 is 0.925 bits per heavy atom. The van der Waals surface area contributed by atoms with Gasteiger partial charge >= 0.3 is 0 Å². The zero-order chi connectivity index (χ0) is 64.8. The number of rotatable bonds is 14. The number of ketones is 2. The zero-order valence-electron chi connectivity index (χ0n) is 51.5. The molecule has 4 aromatic rings. The van der Waals surface area contributed by atoms with Crippen LogP contribution in [0.15, 0.2) is 95.8 Å². The third-order valence-corrected chi connectivity index (χ3v) is 20.3. The number of hydrogen-bond donors (Lipinski definition) is 14. The molecule has 4 fully saturated rings. The van der Waals surface area contributed by atoms with Gasteiger partial charge in [-0.3, -0.25) is 30.8 Å². The van der Waals surface area contributed by atoms with Gasteiger partial charge in [-0.2, -0.15) is 0 Å². The molecule has 0 spiro atoms. The minimum atomic E-state index is -2.56. The topological polar surface area (TPSA) is 371 Å². The first-order chi connectivity index (χ1) is 45.1. The maximum absolute atomic E-state index is 15.6. The van der Waals surface area contributed by atoms with Gasteiger partial charge < -0.3 is 90.8 Å². The van der Waals surface area contributed by atoms with Crippen LogP contribution >= 0.6 is 0 Å². The Morgan fingerprint density at radius 2 is 1.75 bits per heavy atom. The van der Waals surface area contributed by atoms with E-state index in [4.69, 9.17) is 35.2 Å². The number of carbonyl (C=O) groups is 4. The van der Waals surface area contributed by atoms with Crippen molar-refractivity contribution in [2.24, 2.45) is 29.2 Å². The van der Waals surface area contributed by atoms with Gasteiger partial charge in [-0.05, 0) is 96.5 Å². The summed E-state index contributed by atoms with van der Waals surface area (Å²) in [5.41, 5.74) is 14.6. The Morgan fingerprint density at radius 3 is 2.56 bits per heavy atom. The van der Waals surface area contributed by atoms with Crippen molar-refractivity contribution in [3.8, 4) is 23.3 Å². The van der Waals surface area contributed by atoms with Crippen molar-refractivity contribution in [2.75, 3.05) is 57.7 Å². The highest BCUT2D eigenvalue weighted by Crippen LogP contribution is 2.53. The molecule has 3 saturated heterocycles. The van der Waals surface area contributed by atoms with E-state index in [1.165, 1.54) is 12.1 Å². The van der Waals surface area contributed by atoms with Crippen LogP contribution in [0.4, 0.5) is 5.69 Å². The molecular weight excluding hydrogens is 1200 g/mol. The van der Waals surface area contributed by atoms with Crippen molar-refractivity contribution < 1.29 is 78.6 Å². The van der Waals surface area contributed by atoms with Gasteiger partial charge in [-0.15, -0.1) is 0 Å². The number of hydrogen-bond acceptors (Lipinski definition) is 23. The fourth-order valence-electron chi connectivity index (χ4n) is 15.4. The first-order valence-electron chi connectivity index (χ1n) is 32.4. The van der Waals surface area contributed by atoms with Gasteiger partial charge in [0.25, 0.3) is 0 Å². The summed E-state index contributed by atoms with van der Waals surface area (Å²) in [7, 11) is 0. The quantitative estimate of drug-likeness (QED) is 0.0528. The number of ether oxygens (including phenoxy) is 5. The number of anilines is 1. The number of carbonyl (C=O) groups excluding carboxylic acids is 4. The van der Waals surface area contributed by atoms with Crippen LogP contribution in [0.25, 0.3) is 0 Å². The van der Waals surface area contributed by atoms with Crippen LogP contribution in [0.3, 0.4) is 0 Å². The Labute approximate surface area is 538 Å². The lowest BCUT2D eigenvalue weighted by molar-refractivity contribution is -0.310. The highest BCUT2D eigenvalue weighted by molar-refractivity contribution is 6.29. The molecule has 1 amide bonds. The number of aldehydes is 1. The highest BCUT2D eigenvalue weighted by atomic mass is 16.7. The van der Waals surface area contributed by atoms with Crippen molar-refractivity contribution in [1.29, 1.82) is 0 Å². The first-order valence-corrected chi connectivity index (χ1v) is 32.4. The lowest BCUT2D eigenvalue weighted by Crippen LogP contribution is -2.70. The number of aliphatic hydroxyl groups excluding tert-OH is 6. The number of fused-ring (bicyclic) bond motifs is 13. The summed E-state index contributed by atoms with van der Waals surface area (Å²) in [6.45, 7) is -1.65. The Kier molecular flexibility index (Phi) is 18.9. The summed E-state index contributed by atoms with van der Waals surface area (Å²) in [6.07, 6.45) is -6.38. The van der Waals surface area contributed by atoms with Gasteiger partial charge in [0, 0.05) is 83.4 Å². The van der Waals surface area contributed by atoms with Gasteiger partial charge in [-0.25, -0.2) is 0 Å². The van der Waals surface area contributed by atoms with Gasteiger partial charge in [-0.1, -0.05) is 79.3 Å². The van der Waals surface area contributed by atoms with Crippen LogP contribution in [0.5, 0.6) is 11.5 Å². The van der Waals surface area contributed by atoms with Gasteiger partial charge in [0.1, 0.15) is 55.5 Å². The van der Waals surface area contributed by atoms with E-state index in [2.05, 4.69) is 38.4 Å². The molecule has 494 valence electrons. The van der Waals surface area contributed by atoms with Crippen molar-refractivity contribution in [2.45, 2.75) is 149 Å². The first kappa shape index (κ1) is 64.5. The second-order valence-electron chi connectivity index (χ2n) is 26.0. The summed E-state index contributed by atoms with van der Waals surface area (Å²) in [5.74, 6) is -0.112. The molecule has 8 bridgehead atoms. The number of para-hydroxylation sites is 1. The summed E-state index contributed by atoms with van der Waals surface area (Å²) in [4.78, 5) is 58.7. The molecule has 0 aromatic heterocycles. The Hall–Kier alpha value is -7.16. The molecule has 4 aromatic carbocycles. The van der Waals surface area contributed by atoms with Crippen molar-refractivity contribution in [3.05, 3.63) is 146 Å². The summed E-state index contributed by atoms with van der Waals surface area (Å²) < 4.78 is 35.0. The minimum Gasteiger partial charge on any atom is -0.486 e. The molecule has 16 N–H and O–H groups in total. The molecule has 7 heterocycles. The average molecular weight is 1280 g/mol. The molecule has 0 radical (unpaired) electrons. The van der Waals surface area contributed by atoms with Crippen LogP contribution in [0.2, 0.25) is 0 Å². The zero-order valence-corrected chi connectivity index (χ0v) is 51.5. The van der Waals surface area contributed by atoms with Crippen LogP contribution in [0.1, 0.15) is 123 Å². The minimum absolute atomic E-state index is 0.0228. The van der Waals surface area contributed by atoms with Crippen LogP contribution < -0.4 is 52.4 Å². The second kappa shape index (κ2) is 27.3. The van der Waals surface area contributed by atoms with Crippen molar-refractivity contribution >= 4 is 29.4 Å². The number of amides is 1. The van der Waals surface area contributed by atoms with E-state index in [0.717, 1.165) is 31.2 Å². The molecule has 93 heavy (non-hydrogen) atoms. The van der Waals surface area contributed by atoms with Gasteiger partial charge in [0.2, 0.25) is 12.2 Å². The predicted octanol–water partition coefficient (Wildman–Crippen LogP) is 0.372. The number of nitrogens with one attached hydrogen (secondary N) is 5. The lowest BCUT2D eigenvalue weighted by atomic mass is 9.74. The molecule has 13 rings (SSSR count). The van der Waals surface area contributed by atoms with E-state index < -0.39 is 141 Å². The Balaban J connectivity index is 1.06. The van der Waals surface area contributed by atoms with E-state index in [9.17, 15) is 45.3 Å². The van der Waals surface area contributed by atoms with Gasteiger partial charge in [0.15, 0.2) is 28.7 Å². The number of nitrogens with zero attached hydrogens (tertiary/aromatic N) is 1. The number of benzene rings is 4. The van der Waals surface area contributed by atoms with E-state index in [1.54, 1.807) is 12.1 Å². The molecule has 16 atom stereocenters. The predicted molar refractivity (Wildman–Crippen MR) is 336 cm³/mol. The molecule has 7 aliphatic heterocycles. The normalized spacial score (nSPS) is 32.2. The standard InChI is InChI=1S/C69H82N8O16/c70-64-49(28-73-40-8-1-2-9-40)43(17-21-72-64)50-32-91-62-63(86)69(88)20-16-38(25-35-6-5-7-37(24-35)42(19-23-79)57(50)83)52(82)15-13-39-30-89-33-53(69)92-67(62)93-60-48(54(39)45-10-3-4-11-51(45)77-34-74-56-65(77)75-68(71)76-66(56)87)27-47-55(61(60)90-31-41(81)18-22-78)59(85)46-26-36(29-80)12-14-44(46)58(47)84/h3-7,10-12,14,17,22,24,26-27,38-42,50,52-54,56-57,62-63,65,67-68,72-75,79-83,86,88H,1-2,8-9,13,15,18-19,21,23,25,28-34,70-71H2,(H,76,87)/t38-,39-,41-,42+,50-,52-,53+,54-,56+,57-,62+,63+,65-,67-,68-,69+/m1/s1. The SMILES string of the molecule is NC1=C(CNC2CCCC2)C([C@H]2CO[C@@H]3[C@H]4Oc5c(cc6c(c5OC[C@H](O)CC=O)C(=O)c5cc(CO)ccc5C6=O)[C@@H](c5ccccc5N5CN[C@@H]6C(=O)N[C@H](N)N[C@@H]65)[C@@H]5CC[C@@H](O)[C@H](C#C[C@](O)([C@H](COC5)O4)[C@H]3O)Cc3cccc(c3)[C@H](CCO)[C@H]2O)=CCN1. The van der Waals surface area contributed by atoms with E-state index in [0.29, 0.717) is 52.2 Å². The van der Waals surface area contributed by atoms with E-state index >= 15 is 9.59 Å². The van der Waals surface area contributed by atoms with Crippen molar-refractivity contribution in [1.82, 2.24) is 26.6 Å². The van der Waals surface area contributed by atoms with Crippen molar-refractivity contribution in [3.63, 3.8) is 0 Å². The van der Waals surface area contributed by atoms with Crippen LogP contribution in [0, 0.1) is 29.6 Å². The average Bonchev–Trinajstić information content (AvgIpc) is 1.30. The summed E-state index contributed by atoms with van der Waals surface area (Å²) in [6, 6.07) is 20.4. The Bertz CT molecular complexity index is 3640. The fourth-order valence-corrected chi connectivity index (χ4v) is 15.4. The lowest BCUT2D eigenvalue weighted by Gasteiger charge is -2.47. The molecular formula is C69H82N8O16. The number of aliphatic hydroxyl groups is 7. The van der Waals surface area contributed by atoms with E-state index in [-0.39, 0.29) is 103 Å². The second-order valence-corrected chi connectivity index (χ2v) is 26.0. The third-order valence-electron chi connectivity index (χ3n) is 20.3. The summed E-state index contributed by atoms with van der Waals surface area (Å²) >= 11 is 0. The maximum Gasteiger partial charge on any atom is 0.242 e. The van der Waals surface area contributed by atoms with Gasteiger partial charge in [0.05, 0.1) is 62.9 Å². The van der Waals surface area contributed by atoms with E-state index in [1.807, 2.05) is 59.5 Å². The number of dihydropyridines is 1. The molecule has 24 nitrogen and oxygen atoms in total.